The Morgan fingerprint density at radius 2 is 2.26 bits per heavy atom. The molecule has 1 saturated heterocycles. The molecule has 120 valence electrons. The summed E-state index contributed by atoms with van der Waals surface area (Å²) in [6, 6.07) is 3.73. The van der Waals surface area contributed by atoms with Crippen LogP contribution in [0, 0.1) is 0 Å². The van der Waals surface area contributed by atoms with Crippen LogP contribution in [0.1, 0.15) is 24.2 Å². The summed E-state index contributed by atoms with van der Waals surface area (Å²) in [6.07, 6.45) is 7.01. The highest BCUT2D eigenvalue weighted by Gasteiger charge is 2.37. The first kappa shape index (κ1) is 14.6. The zero-order valence-corrected chi connectivity index (χ0v) is 13.2. The number of likely N-dealkylation sites (tertiary alicyclic amines) is 1. The minimum absolute atomic E-state index is 0.522. The van der Waals surface area contributed by atoms with Crippen LogP contribution >= 0.6 is 11.6 Å². The second-order valence-electron chi connectivity index (χ2n) is 6.05. The lowest BCUT2D eigenvalue weighted by atomic mass is 9.90. The van der Waals surface area contributed by atoms with Gasteiger partial charge in [-0.1, -0.05) is 11.6 Å². The van der Waals surface area contributed by atoms with E-state index >= 15 is 0 Å². The summed E-state index contributed by atoms with van der Waals surface area (Å²) in [5.41, 5.74) is 1.47. The Labute approximate surface area is 137 Å². The molecule has 1 aliphatic rings. The van der Waals surface area contributed by atoms with Crippen molar-refractivity contribution in [2.24, 2.45) is 0 Å². The van der Waals surface area contributed by atoms with Crippen LogP contribution in [0.3, 0.4) is 0 Å². The lowest BCUT2D eigenvalue weighted by Gasteiger charge is -2.37. The fraction of sp³-hybridized carbons (Fsp3) is 0.400. The minimum Gasteiger partial charge on any atom is -0.382 e. The van der Waals surface area contributed by atoms with Gasteiger partial charge in [0.25, 0.3) is 0 Å². The maximum Gasteiger partial charge on any atom is 0.137 e. The molecule has 0 unspecified atom stereocenters. The first-order valence-electron chi connectivity index (χ1n) is 7.56. The number of halogens is 1. The van der Waals surface area contributed by atoms with Gasteiger partial charge in [0.1, 0.15) is 16.9 Å². The van der Waals surface area contributed by atoms with E-state index in [1.807, 2.05) is 28.9 Å². The van der Waals surface area contributed by atoms with Gasteiger partial charge in [-0.05, 0) is 31.5 Å². The summed E-state index contributed by atoms with van der Waals surface area (Å²) in [5, 5.41) is 22.0. The summed E-state index contributed by atoms with van der Waals surface area (Å²) in [4.78, 5) is 6.80. The van der Waals surface area contributed by atoms with Gasteiger partial charge in [0.15, 0.2) is 0 Å². The van der Waals surface area contributed by atoms with Crippen LogP contribution in [0.2, 0.25) is 5.02 Å². The van der Waals surface area contributed by atoms with Gasteiger partial charge in [-0.3, -0.25) is 4.90 Å². The molecule has 4 rings (SSSR count). The molecule has 8 heteroatoms. The van der Waals surface area contributed by atoms with Crippen molar-refractivity contribution >= 4 is 17.2 Å². The van der Waals surface area contributed by atoms with Crippen LogP contribution < -0.4 is 0 Å². The van der Waals surface area contributed by atoms with Crippen molar-refractivity contribution in [3.8, 4) is 0 Å². The number of β-amino-alcohol motifs (C(OH)–C–C–N with tert-alkyl or cyclic N) is 1. The first-order chi connectivity index (χ1) is 11.1. The number of hydrogen-bond acceptors (Lipinski definition) is 5. The molecule has 7 nitrogen and oxygen atoms in total. The maximum atomic E-state index is 10.8. The smallest absolute Gasteiger partial charge is 0.137 e. The van der Waals surface area contributed by atoms with Crippen LogP contribution in [0.15, 0.2) is 30.7 Å². The van der Waals surface area contributed by atoms with E-state index in [-0.39, 0.29) is 0 Å². The Bertz CT molecular complexity index is 817. The Hall–Kier alpha value is -1.96. The van der Waals surface area contributed by atoms with E-state index in [0.29, 0.717) is 30.2 Å². The molecule has 0 radical (unpaired) electrons. The molecule has 0 spiro atoms. The highest BCUT2D eigenvalue weighted by molar-refractivity contribution is 6.30. The third kappa shape index (κ3) is 2.83. The number of aromatic nitrogens is 5. The van der Waals surface area contributed by atoms with Crippen molar-refractivity contribution in [2.75, 3.05) is 13.1 Å². The van der Waals surface area contributed by atoms with Crippen LogP contribution in [0.5, 0.6) is 0 Å². The maximum absolute atomic E-state index is 10.8. The van der Waals surface area contributed by atoms with E-state index < -0.39 is 5.60 Å². The number of aromatic amines is 1. The molecule has 23 heavy (non-hydrogen) atoms. The van der Waals surface area contributed by atoms with E-state index in [0.717, 1.165) is 24.3 Å². The van der Waals surface area contributed by atoms with Gasteiger partial charge in [-0.15, -0.1) is 0 Å². The number of rotatable bonds is 3. The number of nitrogens with zero attached hydrogens (tertiary/aromatic N) is 5. The zero-order chi connectivity index (χ0) is 15.9. The summed E-state index contributed by atoms with van der Waals surface area (Å²) in [7, 11) is 0. The van der Waals surface area contributed by atoms with Crippen molar-refractivity contribution in [3.05, 3.63) is 47.1 Å². The number of imidazole rings is 1. The van der Waals surface area contributed by atoms with E-state index in [4.69, 9.17) is 11.6 Å². The second kappa shape index (κ2) is 5.59. The normalized spacial score (nSPS) is 22.7. The number of nitrogens with one attached hydrogen (secondary N) is 1. The second-order valence-corrected chi connectivity index (χ2v) is 6.48. The van der Waals surface area contributed by atoms with Crippen molar-refractivity contribution in [2.45, 2.75) is 25.0 Å². The van der Waals surface area contributed by atoms with Crippen LogP contribution in [-0.4, -0.2) is 47.9 Å². The Morgan fingerprint density at radius 3 is 3.09 bits per heavy atom. The van der Waals surface area contributed by atoms with Gasteiger partial charge in [0.05, 0.1) is 16.9 Å². The van der Waals surface area contributed by atoms with Crippen molar-refractivity contribution in [3.63, 3.8) is 0 Å². The lowest BCUT2D eigenvalue weighted by Crippen LogP contribution is -2.46. The fourth-order valence-corrected chi connectivity index (χ4v) is 3.38. The molecule has 0 saturated carbocycles. The number of pyridine rings is 1. The van der Waals surface area contributed by atoms with E-state index in [1.165, 1.54) is 0 Å². The van der Waals surface area contributed by atoms with Gasteiger partial charge in [0.2, 0.25) is 0 Å². The number of piperidine rings is 1. The monoisotopic (exact) mass is 332 g/mol. The molecule has 1 fully saturated rings. The Kier molecular flexibility index (Phi) is 3.56. The van der Waals surface area contributed by atoms with Crippen molar-refractivity contribution < 1.29 is 5.11 Å². The predicted octanol–water partition coefficient (Wildman–Crippen LogP) is 1.59. The van der Waals surface area contributed by atoms with E-state index in [9.17, 15) is 5.11 Å². The zero-order valence-electron chi connectivity index (χ0n) is 12.5. The summed E-state index contributed by atoms with van der Waals surface area (Å²) < 4.78 is 1.92. The van der Waals surface area contributed by atoms with Crippen LogP contribution in [0.4, 0.5) is 0 Å². The minimum atomic E-state index is -0.951. The highest BCUT2D eigenvalue weighted by Crippen LogP contribution is 2.30. The number of aliphatic hydroxyl groups is 1. The third-order valence-corrected chi connectivity index (χ3v) is 4.52. The van der Waals surface area contributed by atoms with Gasteiger partial charge >= 0.3 is 0 Å². The van der Waals surface area contributed by atoms with Crippen molar-refractivity contribution in [1.82, 2.24) is 29.7 Å². The first-order valence-corrected chi connectivity index (χ1v) is 7.94. The number of hydrogen-bond donors (Lipinski definition) is 2. The standard InChI is InChI=1S/C15H17ClN6O/c16-11-2-3-14-18-12(9-22(14)7-11)8-21-5-1-4-15(23,10-21)13-6-17-20-19-13/h2-3,6-7,9,23H,1,4-5,8,10H2,(H,17,19,20)/t15-/m1/s1. The van der Waals surface area contributed by atoms with E-state index in [2.05, 4.69) is 25.3 Å². The lowest BCUT2D eigenvalue weighted by molar-refractivity contribution is -0.0416. The van der Waals surface area contributed by atoms with Crippen molar-refractivity contribution in [1.29, 1.82) is 0 Å². The van der Waals surface area contributed by atoms with Gasteiger partial charge in [-0.2, -0.15) is 15.4 Å². The average Bonchev–Trinajstić information content (AvgIpc) is 3.16. The molecular weight excluding hydrogens is 316 g/mol. The van der Waals surface area contributed by atoms with Gasteiger partial charge in [0, 0.05) is 25.5 Å². The third-order valence-electron chi connectivity index (χ3n) is 4.29. The molecule has 4 heterocycles. The molecule has 0 amide bonds. The molecule has 0 aromatic carbocycles. The topological polar surface area (TPSA) is 82.3 Å². The Morgan fingerprint density at radius 1 is 1.35 bits per heavy atom. The molecule has 2 N–H and O–H groups in total. The Balaban J connectivity index is 1.53. The predicted molar refractivity (Wildman–Crippen MR) is 85.0 cm³/mol. The molecule has 0 aliphatic carbocycles. The molecule has 1 atom stereocenters. The van der Waals surface area contributed by atoms with Gasteiger partial charge in [-0.25, -0.2) is 4.98 Å². The van der Waals surface area contributed by atoms with Crippen LogP contribution in [-0.2, 0) is 12.1 Å². The fourth-order valence-electron chi connectivity index (χ4n) is 3.22. The molecule has 3 aromatic heterocycles. The quantitative estimate of drug-likeness (QED) is 0.761. The number of H-pyrrole nitrogens is 1. The largest absolute Gasteiger partial charge is 0.382 e. The van der Waals surface area contributed by atoms with Gasteiger partial charge < -0.3 is 9.51 Å². The molecule has 3 aromatic rings. The number of fused-ring (bicyclic) bond motifs is 1. The molecule has 1 aliphatic heterocycles. The summed E-state index contributed by atoms with van der Waals surface area (Å²) in [5.74, 6) is 0. The van der Waals surface area contributed by atoms with E-state index in [1.54, 1.807) is 6.20 Å². The highest BCUT2D eigenvalue weighted by atomic mass is 35.5. The molecule has 0 bridgehead atoms. The molecular formula is C15H17ClN6O. The summed E-state index contributed by atoms with van der Waals surface area (Å²) >= 11 is 6.01. The average molecular weight is 333 g/mol. The van der Waals surface area contributed by atoms with Crippen LogP contribution in [0.25, 0.3) is 5.65 Å². The summed E-state index contributed by atoms with van der Waals surface area (Å²) in [6.45, 7) is 2.13. The SMILES string of the molecule is O[C@]1(c2cn[nH]n2)CCCN(Cc2cn3cc(Cl)ccc3n2)C1.